The molecule has 4 rings (SSSR count). The van der Waals surface area contributed by atoms with Gasteiger partial charge in [-0.05, 0) is 30.0 Å². The van der Waals surface area contributed by atoms with Crippen molar-refractivity contribution < 1.29 is 4.79 Å². The lowest BCUT2D eigenvalue weighted by Gasteiger charge is -2.41. The maximum absolute atomic E-state index is 12.9. The molecule has 5 nitrogen and oxygen atoms in total. The first-order chi connectivity index (χ1) is 13.1. The van der Waals surface area contributed by atoms with E-state index in [4.69, 9.17) is 17.3 Å². The Bertz CT molecular complexity index is 945. The summed E-state index contributed by atoms with van der Waals surface area (Å²) >= 11 is 6.30. The van der Waals surface area contributed by atoms with E-state index >= 15 is 0 Å². The SMILES string of the molecule is NCC1(c2ccccc2)CCN(C(=O)Cc2c[nH]c3nccc(Cl)c23)CC1. The Morgan fingerprint density at radius 3 is 2.67 bits per heavy atom. The number of aromatic nitrogens is 2. The Balaban J connectivity index is 1.47. The van der Waals surface area contributed by atoms with Crippen molar-refractivity contribution in [1.29, 1.82) is 0 Å². The number of carbonyl (C=O) groups is 1. The molecule has 0 unspecified atom stereocenters. The molecule has 3 heterocycles. The van der Waals surface area contributed by atoms with Gasteiger partial charge in [0.1, 0.15) is 5.65 Å². The predicted molar refractivity (Wildman–Crippen MR) is 108 cm³/mol. The number of likely N-dealkylation sites (tertiary alicyclic amines) is 1. The second-order valence-electron chi connectivity index (χ2n) is 7.24. The number of nitrogens with zero attached hydrogens (tertiary/aromatic N) is 2. The summed E-state index contributed by atoms with van der Waals surface area (Å²) in [6, 6.07) is 12.2. The van der Waals surface area contributed by atoms with E-state index in [1.165, 1.54) is 5.56 Å². The molecule has 3 aromatic rings. The van der Waals surface area contributed by atoms with Crippen molar-refractivity contribution in [1.82, 2.24) is 14.9 Å². The van der Waals surface area contributed by atoms with Gasteiger partial charge in [-0.25, -0.2) is 4.98 Å². The van der Waals surface area contributed by atoms with Gasteiger partial charge < -0.3 is 15.6 Å². The standard InChI is InChI=1S/C21H23ClN4O/c22-17-6-9-24-20-19(17)15(13-25-20)12-18(27)26-10-7-21(14-23,8-11-26)16-4-2-1-3-5-16/h1-6,9,13H,7-8,10-12,14,23H2,(H,24,25). The predicted octanol–water partition coefficient (Wildman–Crippen LogP) is 3.28. The molecule has 0 saturated carbocycles. The van der Waals surface area contributed by atoms with Crippen LogP contribution in [-0.4, -0.2) is 40.4 Å². The fourth-order valence-electron chi connectivity index (χ4n) is 4.08. The third kappa shape index (κ3) is 3.33. The second kappa shape index (κ2) is 7.33. The topological polar surface area (TPSA) is 75.0 Å². The summed E-state index contributed by atoms with van der Waals surface area (Å²) in [6.45, 7) is 2.04. The molecular formula is C21H23ClN4O. The summed E-state index contributed by atoms with van der Waals surface area (Å²) in [5.74, 6) is 0.120. The summed E-state index contributed by atoms with van der Waals surface area (Å²) in [5.41, 5.74) is 9.00. The molecule has 1 amide bonds. The third-order valence-corrected chi connectivity index (χ3v) is 6.11. The molecule has 0 atom stereocenters. The van der Waals surface area contributed by atoms with Crippen LogP contribution in [0.3, 0.4) is 0 Å². The van der Waals surface area contributed by atoms with Crippen LogP contribution in [0.5, 0.6) is 0 Å². The number of pyridine rings is 1. The molecule has 140 valence electrons. The monoisotopic (exact) mass is 382 g/mol. The van der Waals surface area contributed by atoms with Crippen LogP contribution in [0.4, 0.5) is 0 Å². The largest absolute Gasteiger partial charge is 0.346 e. The summed E-state index contributed by atoms with van der Waals surface area (Å²) in [5, 5.41) is 1.46. The molecule has 1 aromatic carbocycles. The van der Waals surface area contributed by atoms with Gasteiger partial charge in [0.25, 0.3) is 0 Å². The van der Waals surface area contributed by atoms with Crippen molar-refractivity contribution in [3.8, 4) is 0 Å². The van der Waals surface area contributed by atoms with E-state index in [2.05, 4.69) is 34.2 Å². The fourth-order valence-corrected chi connectivity index (χ4v) is 4.35. The maximum atomic E-state index is 12.9. The molecule has 1 aliphatic rings. The minimum Gasteiger partial charge on any atom is -0.346 e. The molecule has 2 aromatic heterocycles. The number of nitrogens with one attached hydrogen (secondary N) is 1. The summed E-state index contributed by atoms with van der Waals surface area (Å²) in [7, 11) is 0. The number of hydrogen-bond acceptors (Lipinski definition) is 3. The Hall–Kier alpha value is -2.37. The van der Waals surface area contributed by atoms with Crippen molar-refractivity contribution in [3.63, 3.8) is 0 Å². The van der Waals surface area contributed by atoms with Gasteiger partial charge in [-0.1, -0.05) is 41.9 Å². The molecule has 1 aliphatic heterocycles. The van der Waals surface area contributed by atoms with Crippen molar-refractivity contribution in [3.05, 3.63) is 64.9 Å². The average molecular weight is 383 g/mol. The van der Waals surface area contributed by atoms with Gasteiger partial charge in [0.15, 0.2) is 0 Å². The van der Waals surface area contributed by atoms with Crippen molar-refractivity contribution in [2.75, 3.05) is 19.6 Å². The zero-order chi connectivity index (χ0) is 18.9. The van der Waals surface area contributed by atoms with Crippen LogP contribution < -0.4 is 5.73 Å². The highest BCUT2D eigenvalue weighted by Crippen LogP contribution is 2.35. The smallest absolute Gasteiger partial charge is 0.227 e. The van der Waals surface area contributed by atoms with E-state index < -0.39 is 0 Å². The van der Waals surface area contributed by atoms with Crippen LogP contribution in [0.15, 0.2) is 48.8 Å². The van der Waals surface area contributed by atoms with Gasteiger partial charge in [0, 0.05) is 42.8 Å². The van der Waals surface area contributed by atoms with Crippen LogP contribution in [0.2, 0.25) is 5.02 Å². The number of piperidine rings is 1. The second-order valence-corrected chi connectivity index (χ2v) is 7.65. The first-order valence-electron chi connectivity index (χ1n) is 9.27. The molecule has 0 spiro atoms. The highest BCUT2D eigenvalue weighted by Gasteiger charge is 2.36. The minimum absolute atomic E-state index is 0.0357. The van der Waals surface area contributed by atoms with Crippen LogP contribution >= 0.6 is 11.6 Å². The van der Waals surface area contributed by atoms with Gasteiger partial charge in [0.2, 0.25) is 5.91 Å². The Kier molecular flexibility index (Phi) is 4.89. The molecule has 27 heavy (non-hydrogen) atoms. The average Bonchev–Trinajstić information content (AvgIpc) is 3.13. The summed E-state index contributed by atoms with van der Waals surface area (Å²) in [4.78, 5) is 22.2. The number of H-pyrrole nitrogens is 1. The van der Waals surface area contributed by atoms with E-state index in [0.717, 1.165) is 42.5 Å². The lowest BCUT2D eigenvalue weighted by molar-refractivity contribution is -0.132. The van der Waals surface area contributed by atoms with Crippen molar-refractivity contribution >= 4 is 28.5 Å². The van der Waals surface area contributed by atoms with Crippen LogP contribution in [0, 0.1) is 0 Å². The Labute approximate surface area is 163 Å². The zero-order valence-corrected chi connectivity index (χ0v) is 15.9. The number of nitrogens with two attached hydrogens (primary N) is 1. The number of hydrogen-bond donors (Lipinski definition) is 2. The molecule has 0 bridgehead atoms. The normalized spacial score (nSPS) is 16.6. The molecule has 1 fully saturated rings. The lowest BCUT2D eigenvalue weighted by atomic mass is 9.73. The maximum Gasteiger partial charge on any atom is 0.227 e. The molecule has 0 aliphatic carbocycles. The molecular weight excluding hydrogens is 360 g/mol. The quantitative estimate of drug-likeness (QED) is 0.727. The third-order valence-electron chi connectivity index (χ3n) is 5.80. The molecule has 3 N–H and O–H groups in total. The van der Waals surface area contributed by atoms with E-state index in [0.29, 0.717) is 18.0 Å². The number of amides is 1. The van der Waals surface area contributed by atoms with Crippen LogP contribution in [0.1, 0.15) is 24.0 Å². The van der Waals surface area contributed by atoms with Crippen molar-refractivity contribution in [2.45, 2.75) is 24.7 Å². The Morgan fingerprint density at radius 1 is 1.22 bits per heavy atom. The van der Waals surface area contributed by atoms with E-state index in [1.54, 1.807) is 12.3 Å². The number of benzene rings is 1. The van der Waals surface area contributed by atoms with Crippen molar-refractivity contribution in [2.24, 2.45) is 5.73 Å². The number of aromatic amines is 1. The van der Waals surface area contributed by atoms with E-state index in [1.807, 2.05) is 17.2 Å². The van der Waals surface area contributed by atoms with Crippen LogP contribution in [-0.2, 0) is 16.6 Å². The van der Waals surface area contributed by atoms with Gasteiger partial charge >= 0.3 is 0 Å². The summed E-state index contributed by atoms with van der Waals surface area (Å²) < 4.78 is 0. The number of carbonyl (C=O) groups excluding carboxylic acids is 1. The summed E-state index contributed by atoms with van der Waals surface area (Å²) in [6.07, 6.45) is 5.59. The number of halogens is 1. The fraction of sp³-hybridized carbons (Fsp3) is 0.333. The zero-order valence-electron chi connectivity index (χ0n) is 15.1. The minimum atomic E-state index is -0.0357. The molecule has 6 heteroatoms. The Morgan fingerprint density at radius 2 is 1.96 bits per heavy atom. The highest BCUT2D eigenvalue weighted by molar-refractivity contribution is 6.35. The molecule has 0 radical (unpaired) electrons. The van der Waals surface area contributed by atoms with Gasteiger partial charge in [-0.15, -0.1) is 0 Å². The highest BCUT2D eigenvalue weighted by atomic mass is 35.5. The van der Waals surface area contributed by atoms with E-state index in [-0.39, 0.29) is 11.3 Å². The van der Waals surface area contributed by atoms with Gasteiger partial charge in [-0.3, -0.25) is 4.79 Å². The number of fused-ring (bicyclic) bond motifs is 1. The first kappa shape index (κ1) is 18.0. The van der Waals surface area contributed by atoms with E-state index in [9.17, 15) is 4.79 Å². The van der Waals surface area contributed by atoms with Crippen LogP contribution in [0.25, 0.3) is 11.0 Å². The van der Waals surface area contributed by atoms with Gasteiger partial charge in [-0.2, -0.15) is 0 Å². The lowest BCUT2D eigenvalue weighted by Crippen LogP contribution is -2.48. The number of rotatable bonds is 4. The van der Waals surface area contributed by atoms with Gasteiger partial charge in [0.05, 0.1) is 11.4 Å². The first-order valence-corrected chi connectivity index (χ1v) is 9.64. The molecule has 1 saturated heterocycles.